The van der Waals surface area contributed by atoms with Crippen molar-refractivity contribution in [2.75, 3.05) is 34.3 Å². The predicted molar refractivity (Wildman–Crippen MR) is 160 cm³/mol. The molecule has 1 amide bonds. The van der Waals surface area contributed by atoms with Crippen LogP contribution < -0.4 is 10.4 Å². The number of fused-ring (bicyclic) bond motifs is 1. The highest BCUT2D eigenvalue weighted by Gasteiger charge is 2.39. The van der Waals surface area contributed by atoms with Crippen LogP contribution in [0.1, 0.15) is 54.0 Å². The molecular weight excluding hydrogens is 526 g/mol. The zero-order valence-electron chi connectivity index (χ0n) is 24.1. The van der Waals surface area contributed by atoms with E-state index in [2.05, 4.69) is 10.00 Å². The zero-order valence-corrected chi connectivity index (χ0v) is 24.9. The van der Waals surface area contributed by atoms with Crippen LogP contribution >= 0.6 is 11.6 Å². The lowest BCUT2D eigenvalue weighted by atomic mass is 9.89. The van der Waals surface area contributed by atoms with Crippen molar-refractivity contribution in [1.29, 1.82) is 0 Å². The first-order valence-corrected chi connectivity index (χ1v) is 13.9. The molecule has 1 unspecified atom stereocenters. The number of ether oxygens (including phenoxy) is 1. The van der Waals surface area contributed by atoms with Crippen LogP contribution in [0.4, 0.5) is 0 Å². The van der Waals surface area contributed by atoms with Gasteiger partial charge in [0.2, 0.25) is 0 Å². The molecular formula is C31H38ClN5O3. The minimum atomic E-state index is -0.833. The van der Waals surface area contributed by atoms with Gasteiger partial charge in [-0.25, -0.2) is 4.79 Å². The molecule has 0 radical (unpaired) electrons. The van der Waals surface area contributed by atoms with Gasteiger partial charge in [0, 0.05) is 12.1 Å². The Morgan fingerprint density at radius 1 is 1.07 bits per heavy atom. The van der Waals surface area contributed by atoms with Gasteiger partial charge in [-0.15, -0.1) is 0 Å². The maximum atomic E-state index is 14.2. The second kappa shape index (κ2) is 12.3. The van der Waals surface area contributed by atoms with Crippen molar-refractivity contribution in [2.45, 2.75) is 45.7 Å². The average Bonchev–Trinajstić information content (AvgIpc) is 3.25. The molecule has 2 aromatic carbocycles. The minimum absolute atomic E-state index is 0.111. The highest BCUT2D eigenvalue weighted by atomic mass is 35.5. The summed E-state index contributed by atoms with van der Waals surface area (Å²) in [5, 5.41) is 4.86. The number of carbonyl (C=O) groups is 1. The third kappa shape index (κ3) is 5.78. The Kier molecular flexibility index (Phi) is 9.01. The summed E-state index contributed by atoms with van der Waals surface area (Å²) < 4.78 is 8.40. The lowest BCUT2D eigenvalue weighted by molar-refractivity contribution is 0.0453. The fourth-order valence-corrected chi connectivity index (χ4v) is 5.28. The number of aromatic nitrogens is 3. The number of carbonyl (C=O) groups excluding carboxylic acids is 1. The lowest BCUT2D eigenvalue weighted by Crippen LogP contribution is -2.51. The zero-order chi connectivity index (χ0) is 29.0. The standard InChI is InChI=1S/C31H38ClN5O3/c1-7-31(3,36(19-11-18-34(4)5)29(38)24-14-16-25(40-6)17-15-24)27-20-26-28(32)22(2)33-37(26)30(39)35(27)21-23-12-9-8-10-13-23/h8-10,12-17,20H,7,11,18-19,21H2,1-6H3. The maximum absolute atomic E-state index is 14.2. The van der Waals surface area contributed by atoms with Crippen molar-refractivity contribution >= 4 is 23.0 Å². The molecule has 9 heteroatoms. The van der Waals surface area contributed by atoms with Gasteiger partial charge in [-0.05, 0) is 83.2 Å². The van der Waals surface area contributed by atoms with Gasteiger partial charge >= 0.3 is 5.69 Å². The molecule has 0 aliphatic carbocycles. The molecule has 0 N–H and O–H groups in total. The predicted octanol–water partition coefficient (Wildman–Crippen LogP) is 5.23. The van der Waals surface area contributed by atoms with E-state index in [9.17, 15) is 9.59 Å². The topological polar surface area (TPSA) is 72.1 Å². The number of nitrogens with zero attached hydrogens (tertiary/aromatic N) is 5. The summed E-state index contributed by atoms with van der Waals surface area (Å²) in [6.07, 6.45) is 1.34. The van der Waals surface area contributed by atoms with Crippen LogP contribution in [0.2, 0.25) is 5.02 Å². The summed E-state index contributed by atoms with van der Waals surface area (Å²) in [7, 11) is 5.64. The minimum Gasteiger partial charge on any atom is -0.497 e. The summed E-state index contributed by atoms with van der Waals surface area (Å²) in [5.41, 5.74) is 2.23. The summed E-state index contributed by atoms with van der Waals surface area (Å²) in [6.45, 7) is 7.52. The molecule has 212 valence electrons. The van der Waals surface area contributed by atoms with Gasteiger partial charge in [0.25, 0.3) is 5.91 Å². The molecule has 4 rings (SSSR count). The molecule has 1 atom stereocenters. The van der Waals surface area contributed by atoms with Crippen LogP contribution in [0.5, 0.6) is 5.75 Å². The van der Waals surface area contributed by atoms with E-state index in [1.54, 1.807) is 42.9 Å². The van der Waals surface area contributed by atoms with E-state index in [-0.39, 0.29) is 11.6 Å². The van der Waals surface area contributed by atoms with E-state index in [0.717, 1.165) is 18.5 Å². The van der Waals surface area contributed by atoms with Crippen molar-refractivity contribution in [1.82, 2.24) is 24.0 Å². The second-order valence-electron chi connectivity index (χ2n) is 10.5. The van der Waals surface area contributed by atoms with Crippen LogP contribution in [-0.2, 0) is 12.1 Å². The highest BCUT2D eigenvalue weighted by Crippen LogP contribution is 2.35. The lowest BCUT2D eigenvalue weighted by Gasteiger charge is -2.42. The first-order valence-electron chi connectivity index (χ1n) is 13.5. The number of halogens is 1. The van der Waals surface area contributed by atoms with Crippen LogP contribution in [0.15, 0.2) is 65.5 Å². The largest absolute Gasteiger partial charge is 0.497 e. The molecule has 0 aliphatic rings. The maximum Gasteiger partial charge on any atom is 0.349 e. The van der Waals surface area contributed by atoms with Crippen LogP contribution in [-0.4, -0.2) is 64.2 Å². The third-order valence-electron chi connectivity index (χ3n) is 7.59. The fourth-order valence-electron chi connectivity index (χ4n) is 5.10. The number of benzene rings is 2. The van der Waals surface area contributed by atoms with E-state index in [1.165, 1.54) is 4.52 Å². The van der Waals surface area contributed by atoms with Gasteiger partial charge in [0.1, 0.15) is 5.75 Å². The molecule has 0 saturated heterocycles. The summed E-state index contributed by atoms with van der Waals surface area (Å²) in [5.74, 6) is 0.571. The van der Waals surface area contributed by atoms with Crippen molar-refractivity contribution in [3.8, 4) is 5.75 Å². The average molecular weight is 564 g/mol. The van der Waals surface area contributed by atoms with E-state index in [1.807, 2.05) is 69.2 Å². The Hall–Kier alpha value is -3.62. The number of hydrogen-bond acceptors (Lipinski definition) is 5. The molecule has 2 aromatic heterocycles. The molecule has 0 spiro atoms. The normalized spacial score (nSPS) is 13.0. The smallest absolute Gasteiger partial charge is 0.349 e. The first kappa shape index (κ1) is 29.4. The van der Waals surface area contributed by atoms with Crippen LogP contribution in [0.3, 0.4) is 0 Å². The van der Waals surface area contributed by atoms with Gasteiger partial charge in [0.15, 0.2) is 0 Å². The Morgan fingerprint density at radius 3 is 2.35 bits per heavy atom. The Balaban J connectivity index is 1.93. The van der Waals surface area contributed by atoms with Gasteiger partial charge in [0.05, 0.1) is 41.1 Å². The molecule has 0 saturated carbocycles. The number of aryl methyl sites for hydroxylation is 1. The number of hydrogen-bond donors (Lipinski definition) is 0. The van der Waals surface area contributed by atoms with E-state index >= 15 is 0 Å². The van der Waals surface area contributed by atoms with Gasteiger partial charge in [-0.3, -0.25) is 9.36 Å². The molecule has 8 nitrogen and oxygen atoms in total. The van der Waals surface area contributed by atoms with E-state index < -0.39 is 5.54 Å². The quantitative estimate of drug-likeness (QED) is 0.250. The number of rotatable bonds is 11. The summed E-state index contributed by atoms with van der Waals surface area (Å²) in [6, 6.07) is 18.9. The molecule has 0 fully saturated rings. The SMILES string of the molecule is CCC(C)(c1cc2c(Cl)c(C)nn2c(=O)n1Cc1ccccc1)N(CCCN(C)C)C(=O)c1ccc(OC)cc1. The van der Waals surface area contributed by atoms with E-state index in [4.69, 9.17) is 16.3 Å². The van der Waals surface area contributed by atoms with Gasteiger partial charge in [-0.2, -0.15) is 9.61 Å². The van der Waals surface area contributed by atoms with Crippen molar-refractivity contribution in [3.05, 3.63) is 98.7 Å². The van der Waals surface area contributed by atoms with Crippen LogP contribution in [0, 0.1) is 6.92 Å². The Morgan fingerprint density at radius 2 is 1.75 bits per heavy atom. The third-order valence-corrected chi connectivity index (χ3v) is 8.05. The Bertz CT molecular complexity index is 1530. The molecule has 4 aromatic rings. The second-order valence-corrected chi connectivity index (χ2v) is 10.9. The molecule has 2 heterocycles. The van der Waals surface area contributed by atoms with Crippen molar-refractivity contribution < 1.29 is 9.53 Å². The van der Waals surface area contributed by atoms with E-state index in [0.29, 0.717) is 52.8 Å². The first-order chi connectivity index (χ1) is 19.1. The summed E-state index contributed by atoms with van der Waals surface area (Å²) >= 11 is 6.65. The number of methoxy groups -OCH3 is 1. The fraction of sp³-hybridized carbons (Fsp3) is 0.387. The van der Waals surface area contributed by atoms with Gasteiger partial charge < -0.3 is 14.5 Å². The van der Waals surface area contributed by atoms with Crippen LogP contribution in [0.25, 0.3) is 5.52 Å². The molecule has 0 aliphatic heterocycles. The Labute approximate surface area is 240 Å². The summed E-state index contributed by atoms with van der Waals surface area (Å²) in [4.78, 5) is 32.2. The molecule has 0 bridgehead atoms. The monoisotopic (exact) mass is 563 g/mol. The number of amides is 1. The van der Waals surface area contributed by atoms with Crippen molar-refractivity contribution in [2.24, 2.45) is 0 Å². The molecule has 40 heavy (non-hydrogen) atoms. The van der Waals surface area contributed by atoms with Gasteiger partial charge in [-0.1, -0.05) is 48.9 Å². The van der Waals surface area contributed by atoms with Crippen molar-refractivity contribution in [3.63, 3.8) is 0 Å². The highest BCUT2D eigenvalue weighted by molar-refractivity contribution is 6.34.